The third-order valence-electron chi connectivity index (χ3n) is 8.76. The number of rotatable bonds is 5. The van der Waals surface area contributed by atoms with Gasteiger partial charge in [0, 0.05) is 17.9 Å². The molecule has 3 aliphatic rings. The minimum Gasteiger partial charge on any atom is -0.507 e. The summed E-state index contributed by atoms with van der Waals surface area (Å²) < 4.78 is 11.0. The molecule has 0 spiro atoms. The number of aliphatic hydroxyl groups is 1. The quantitative estimate of drug-likeness (QED) is 0.480. The molecule has 39 heavy (non-hydrogen) atoms. The SMILES string of the molecule is COc1ccc(OC)c(-c2ccc(O)c3c2CC2CC4C(N(C)C)C(=O)C(C(N)=O)CC4(O)C(=O)C2C3=O)c1. The Morgan fingerprint density at radius 3 is 2.41 bits per heavy atom. The maximum Gasteiger partial charge on any atom is 0.228 e. The van der Waals surface area contributed by atoms with Gasteiger partial charge in [-0.05, 0) is 68.2 Å². The van der Waals surface area contributed by atoms with Crippen LogP contribution in [0.25, 0.3) is 11.1 Å². The maximum atomic E-state index is 14.0. The number of benzene rings is 2. The van der Waals surface area contributed by atoms with Gasteiger partial charge in [-0.2, -0.15) is 0 Å². The van der Waals surface area contributed by atoms with Crippen molar-refractivity contribution in [3.63, 3.8) is 0 Å². The normalized spacial score (nSPS) is 29.9. The van der Waals surface area contributed by atoms with E-state index >= 15 is 0 Å². The monoisotopic (exact) mass is 536 g/mol. The van der Waals surface area contributed by atoms with Crippen molar-refractivity contribution in [2.75, 3.05) is 28.3 Å². The Balaban J connectivity index is 1.65. The number of nitrogens with two attached hydrogens (primary N) is 1. The van der Waals surface area contributed by atoms with Crippen LogP contribution in [0.1, 0.15) is 28.8 Å². The average Bonchev–Trinajstić information content (AvgIpc) is 2.89. The van der Waals surface area contributed by atoms with Gasteiger partial charge in [-0.15, -0.1) is 0 Å². The van der Waals surface area contributed by atoms with Gasteiger partial charge in [0.25, 0.3) is 0 Å². The zero-order chi connectivity index (χ0) is 28.4. The van der Waals surface area contributed by atoms with E-state index in [1.165, 1.54) is 20.3 Å². The summed E-state index contributed by atoms with van der Waals surface area (Å²) in [5.74, 6) is -5.74. The fourth-order valence-corrected chi connectivity index (χ4v) is 6.99. The Labute approximate surface area is 225 Å². The number of aromatic hydroxyl groups is 1. The van der Waals surface area contributed by atoms with Crippen LogP contribution in [0, 0.1) is 23.7 Å². The third-order valence-corrected chi connectivity index (χ3v) is 8.76. The van der Waals surface area contributed by atoms with E-state index in [0.717, 1.165) is 0 Å². The number of Topliss-reactive ketones (excluding diaryl/α,β-unsaturated/α-hetero) is 3. The number of hydrogen-bond acceptors (Lipinski definition) is 9. The standard InChI is InChI=1S/C29H32N2O8/c1-31(2)24-19-10-13-9-17-15(16-11-14(38-3)5-8-21(16)39-4)6-7-20(32)23(17)26(34)22(13)27(35)29(19,37)12-18(25(24)33)28(30)36/h5-8,11,13,18-19,22,24,32,37H,9-10,12H2,1-4H3,(H2,30,36). The lowest BCUT2D eigenvalue weighted by Crippen LogP contribution is -2.69. The first-order valence-electron chi connectivity index (χ1n) is 12.8. The minimum absolute atomic E-state index is 0.0246. The van der Waals surface area contributed by atoms with Gasteiger partial charge in [0.05, 0.1) is 31.7 Å². The second kappa shape index (κ2) is 9.46. The van der Waals surface area contributed by atoms with E-state index in [-0.39, 0.29) is 24.2 Å². The summed E-state index contributed by atoms with van der Waals surface area (Å²) in [7, 11) is 6.36. The average molecular weight is 537 g/mol. The predicted octanol–water partition coefficient (Wildman–Crippen LogP) is 1.37. The maximum absolute atomic E-state index is 14.0. The highest BCUT2D eigenvalue weighted by atomic mass is 16.5. The molecule has 6 unspecified atom stereocenters. The zero-order valence-corrected chi connectivity index (χ0v) is 22.3. The number of amides is 1. The molecule has 10 heteroatoms. The van der Waals surface area contributed by atoms with Crippen molar-refractivity contribution in [2.45, 2.75) is 30.9 Å². The molecule has 0 bridgehead atoms. The van der Waals surface area contributed by atoms with Gasteiger partial charge in [0.2, 0.25) is 5.91 Å². The van der Waals surface area contributed by atoms with E-state index in [4.69, 9.17) is 15.2 Å². The molecular formula is C29H32N2O8. The van der Waals surface area contributed by atoms with E-state index in [0.29, 0.717) is 28.2 Å². The number of ether oxygens (including phenoxy) is 2. The molecular weight excluding hydrogens is 504 g/mol. The van der Waals surface area contributed by atoms with Crippen LogP contribution in [-0.2, 0) is 20.8 Å². The van der Waals surface area contributed by atoms with Crippen LogP contribution in [0.3, 0.4) is 0 Å². The summed E-state index contributed by atoms with van der Waals surface area (Å²) in [6.07, 6.45) is -0.00433. The molecule has 4 N–H and O–H groups in total. The largest absolute Gasteiger partial charge is 0.507 e. The number of methoxy groups -OCH3 is 2. The number of carbonyl (C=O) groups excluding carboxylic acids is 4. The second-order valence-electron chi connectivity index (χ2n) is 11.0. The number of likely N-dealkylation sites (N-methyl/N-ethyl adjacent to an activating group) is 1. The lowest BCUT2D eigenvalue weighted by molar-refractivity contribution is -0.176. The smallest absolute Gasteiger partial charge is 0.228 e. The number of phenolic OH excluding ortho intramolecular Hbond substituents is 1. The Kier molecular flexibility index (Phi) is 6.51. The Morgan fingerprint density at radius 1 is 1.08 bits per heavy atom. The van der Waals surface area contributed by atoms with Crippen LogP contribution < -0.4 is 15.2 Å². The van der Waals surface area contributed by atoms with Gasteiger partial charge in [0.15, 0.2) is 17.3 Å². The van der Waals surface area contributed by atoms with Crippen LogP contribution in [0.4, 0.5) is 0 Å². The molecule has 206 valence electrons. The number of carbonyl (C=O) groups is 4. The number of primary amides is 1. The minimum atomic E-state index is -2.08. The van der Waals surface area contributed by atoms with Gasteiger partial charge in [0.1, 0.15) is 28.8 Å². The molecule has 0 aromatic heterocycles. The third kappa shape index (κ3) is 3.92. The fourth-order valence-electron chi connectivity index (χ4n) is 6.99. The van der Waals surface area contributed by atoms with Crippen LogP contribution in [0.2, 0.25) is 0 Å². The zero-order valence-electron chi connectivity index (χ0n) is 22.3. The molecule has 2 fully saturated rings. The first kappa shape index (κ1) is 26.8. The van der Waals surface area contributed by atoms with Crippen molar-refractivity contribution in [2.24, 2.45) is 29.4 Å². The van der Waals surface area contributed by atoms with Gasteiger partial charge in [-0.3, -0.25) is 24.1 Å². The van der Waals surface area contributed by atoms with E-state index in [1.54, 1.807) is 43.3 Å². The van der Waals surface area contributed by atoms with Crippen molar-refractivity contribution in [3.8, 4) is 28.4 Å². The second-order valence-corrected chi connectivity index (χ2v) is 11.0. The van der Waals surface area contributed by atoms with Crippen LogP contribution in [0.15, 0.2) is 30.3 Å². The summed E-state index contributed by atoms with van der Waals surface area (Å²) >= 11 is 0. The van der Waals surface area contributed by atoms with E-state index in [2.05, 4.69) is 0 Å². The molecule has 5 rings (SSSR count). The Morgan fingerprint density at radius 2 is 1.79 bits per heavy atom. The van der Waals surface area contributed by atoms with E-state index in [9.17, 15) is 29.4 Å². The lowest BCUT2D eigenvalue weighted by atomic mass is 9.52. The summed E-state index contributed by atoms with van der Waals surface area (Å²) in [5.41, 5.74) is 5.29. The first-order valence-corrected chi connectivity index (χ1v) is 12.8. The number of fused-ring (bicyclic) bond motifs is 3. The molecule has 2 aromatic rings. The lowest BCUT2D eigenvalue weighted by Gasteiger charge is -2.53. The molecule has 0 aliphatic heterocycles. The van der Waals surface area contributed by atoms with Crippen molar-refractivity contribution in [1.29, 1.82) is 0 Å². The Hall–Kier alpha value is -3.76. The highest BCUT2D eigenvalue weighted by Crippen LogP contribution is 2.53. The number of hydrogen-bond donors (Lipinski definition) is 3. The number of phenols is 1. The molecule has 1 amide bonds. The first-order chi connectivity index (χ1) is 18.4. The number of ketones is 3. The number of nitrogens with zero attached hydrogens (tertiary/aromatic N) is 1. The van der Waals surface area contributed by atoms with Gasteiger partial charge >= 0.3 is 0 Å². The van der Waals surface area contributed by atoms with E-state index < -0.39 is 65.0 Å². The van der Waals surface area contributed by atoms with Crippen LogP contribution in [-0.4, -0.2) is 78.3 Å². The molecule has 0 saturated heterocycles. The highest BCUT2D eigenvalue weighted by molar-refractivity contribution is 6.18. The van der Waals surface area contributed by atoms with E-state index in [1.807, 2.05) is 0 Å². The molecule has 0 radical (unpaired) electrons. The van der Waals surface area contributed by atoms with Gasteiger partial charge in [-0.25, -0.2) is 0 Å². The molecule has 3 aliphatic carbocycles. The highest BCUT2D eigenvalue weighted by Gasteiger charge is 2.64. The predicted molar refractivity (Wildman–Crippen MR) is 140 cm³/mol. The van der Waals surface area contributed by atoms with Gasteiger partial charge < -0.3 is 25.4 Å². The molecule has 10 nitrogen and oxygen atoms in total. The topological polar surface area (TPSA) is 156 Å². The Bertz CT molecular complexity index is 1400. The van der Waals surface area contributed by atoms with Crippen molar-refractivity contribution >= 4 is 23.3 Å². The summed E-state index contributed by atoms with van der Waals surface area (Å²) in [5, 5.41) is 22.6. The van der Waals surface area contributed by atoms with Crippen molar-refractivity contribution in [1.82, 2.24) is 4.90 Å². The fraction of sp³-hybridized carbons (Fsp3) is 0.448. The molecule has 2 saturated carbocycles. The summed E-state index contributed by atoms with van der Waals surface area (Å²) in [6, 6.07) is 7.45. The summed E-state index contributed by atoms with van der Waals surface area (Å²) in [4.78, 5) is 54.9. The van der Waals surface area contributed by atoms with Crippen LogP contribution in [0.5, 0.6) is 17.2 Å². The molecule has 2 aromatic carbocycles. The van der Waals surface area contributed by atoms with Crippen molar-refractivity contribution < 1.29 is 38.9 Å². The van der Waals surface area contributed by atoms with Gasteiger partial charge in [-0.1, -0.05) is 6.07 Å². The van der Waals surface area contributed by atoms with Crippen LogP contribution >= 0.6 is 0 Å². The van der Waals surface area contributed by atoms with Crippen molar-refractivity contribution in [3.05, 3.63) is 41.5 Å². The molecule has 0 heterocycles. The molecule has 6 atom stereocenters. The summed E-state index contributed by atoms with van der Waals surface area (Å²) in [6.45, 7) is 0.